The standard InChI is InChI=1S/C20H17N3OS/c1-12-6-5-9-16(13(12)2)22-20-23-19(24)18(25-20)10-14-11-21-17-8-4-3-7-15(14)17/h3-11,21H,1-2H3,(H,22,23,24)/b18-10-. The van der Waals surface area contributed by atoms with E-state index < -0.39 is 0 Å². The minimum Gasteiger partial charge on any atom is -0.361 e. The zero-order chi connectivity index (χ0) is 17.4. The van der Waals surface area contributed by atoms with E-state index in [2.05, 4.69) is 35.2 Å². The van der Waals surface area contributed by atoms with Gasteiger partial charge in [0.25, 0.3) is 5.91 Å². The van der Waals surface area contributed by atoms with Gasteiger partial charge in [-0.2, -0.15) is 4.99 Å². The van der Waals surface area contributed by atoms with E-state index in [1.165, 1.54) is 17.3 Å². The Labute approximate surface area is 150 Å². The summed E-state index contributed by atoms with van der Waals surface area (Å²) in [5, 5.41) is 4.98. The SMILES string of the molecule is Cc1cccc(NC2=NC(=O)/C(=C/c3c[nH]c4ccccc34)S2)c1C. The van der Waals surface area contributed by atoms with Gasteiger partial charge in [-0.3, -0.25) is 4.79 Å². The van der Waals surface area contributed by atoms with E-state index in [-0.39, 0.29) is 5.91 Å². The molecule has 3 aromatic rings. The second-order valence-corrected chi connectivity index (χ2v) is 7.03. The molecule has 2 heterocycles. The molecule has 0 fully saturated rings. The van der Waals surface area contributed by atoms with Gasteiger partial charge in [-0.15, -0.1) is 0 Å². The molecule has 1 aliphatic rings. The van der Waals surface area contributed by atoms with Gasteiger partial charge in [0.1, 0.15) is 0 Å². The number of hydrogen-bond donors (Lipinski definition) is 2. The van der Waals surface area contributed by atoms with Crippen LogP contribution in [0.25, 0.3) is 17.0 Å². The van der Waals surface area contributed by atoms with Crippen molar-refractivity contribution in [2.75, 3.05) is 5.32 Å². The number of anilines is 1. The van der Waals surface area contributed by atoms with E-state index in [0.717, 1.165) is 27.7 Å². The molecular formula is C20H17N3OS. The normalized spacial score (nSPS) is 15.8. The van der Waals surface area contributed by atoms with E-state index in [4.69, 9.17) is 0 Å². The molecule has 1 amide bonds. The van der Waals surface area contributed by atoms with Gasteiger partial charge in [-0.05, 0) is 54.9 Å². The third kappa shape index (κ3) is 2.98. The van der Waals surface area contributed by atoms with Crippen molar-refractivity contribution in [3.63, 3.8) is 0 Å². The molecule has 0 saturated heterocycles. The molecule has 0 saturated carbocycles. The van der Waals surface area contributed by atoms with Crippen LogP contribution in [0, 0.1) is 13.8 Å². The zero-order valence-electron chi connectivity index (χ0n) is 14.0. The molecule has 124 valence electrons. The molecule has 0 radical (unpaired) electrons. The van der Waals surface area contributed by atoms with Crippen LogP contribution in [0.3, 0.4) is 0 Å². The fourth-order valence-corrected chi connectivity index (χ4v) is 3.64. The quantitative estimate of drug-likeness (QED) is 0.650. The number of carbonyl (C=O) groups is 1. The number of hydrogen-bond acceptors (Lipinski definition) is 3. The number of para-hydroxylation sites is 1. The number of aliphatic imine (C=N–C) groups is 1. The third-order valence-corrected chi connectivity index (χ3v) is 5.27. The number of nitrogens with zero attached hydrogens (tertiary/aromatic N) is 1. The summed E-state index contributed by atoms with van der Waals surface area (Å²) in [4.78, 5) is 20.3. The molecule has 0 unspecified atom stereocenters. The highest BCUT2D eigenvalue weighted by Gasteiger charge is 2.22. The van der Waals surface area contributed by atoms with Gasteiger partial charge in [-0.25, -0.2) is 0 Å². The van der Waals surface area contributed by atoms with Crippen molar-refractivity contribution >= 4 is 45.5 Å². The minimum atomic E-state index is -0.205. The Bertz CT molecular complexity index is 1050. The molecular weight excluding hydrogens is 330 g/mol. The Morgan fingerprint density at radius 3 is 2.84 bits per heavy atom. The van der Waals surface area contributed by atoms with Crippen LogP contribution in [0.1, 0.15) is 16.7 Å². The summed E-state index contributed by atoms with van der Waals surface area (Å²) in [6.07, 6.45) is 3.81. The first-order valence-electron chi connectivity index (χ1n) is 8.04. The van der Waals surface area contributed by atoms with Crippen molar-refractivity contribution in [1.29, 1.82) is 0 Å². The van der Waals surface area contributed by atoms with Crippen LogP contribution in [-0.4, -0.2) is 16.1 Å². The number of amidine groups is 1. The first-order chi connectivity index (χ1) is 12.1. The number of rotatable bonds is 2. The fraction of sp³-hybridized carbons (Fsp3) is 0.100. The summed E-state index contributed by atoms with van der Waals surface area (Å²) in [6.45, 7) is 4.12. The van der Waals surface area contributed by atoms with Crippen molar-refractivity contribution < 1.29 is 4.79 Å². The second kappa shape index (κ2) is 6.26. The Morgan fingerprint density at radius 1 is 1.12 bits per heavy atom. The average molecular weight is 347 g/mol. The minimum absolute atomic E-state index is 0.205. The maximum atomic E-state index is 12.3. The maximum Gasteiger partial charge on any atom is 0.286 e. The third-order valence-electron chi connectivity index (χ3n) is 4.37. The molecule has 25 heavy (non-hydrogen) atoms. The molecule has 0 bridgehead atoms. The molecule has 4 rings (SSSR count). The summed E-state index contributed by atoms with van der Waals surface area (Å²) in [7, 11) is 0. The molecule has 4 nitrogen and oxygen atoms in total. The summed E-state index contributed by atoms with van der Waals surface area (Å²) in [5.74, 6) is -0.205. The highest BCUT2D eigenvalue weighted by Crippen LogP contribution is 2.32. The highest BCUT2D eigenvalue weighted by atomic mass is 32.2. The number of benzene rings is 2. The molecule has 1 aliphatic heterocycles. The summed E-state index contributed by atoms with van der Waals surface area (Å²) in [5.41, 5.74) is 5.39. The summed E-state index contributed by atoms with van der Waals surface area (Å²) < 4.78 is 0. The monoisotopic (exact) mass is 347 g/mol. The predicted molar refractivity (Wildman–Crippen MR) is 106 cm³/mol. The number of H-pyrrole nitrogens is 1. The van der Waals surface area contributed by atoms with Gasteiger partial charge in [0.2, 0.25) is 0 Å². The topological polar surface area (TPSA) is 57.2 Å². The van der Waals surface area contributed by atoms with Gasteiger partial charge in [-0.1, -0.05) is 30.3 Å². The fourth-order valence-electron chi connectivity index (χ4n) is 2.82. The van der Waals surface area contributed by atoms with Gasteiger partial charge in [0.15, 0.2) is 5.17 Å². The van der Waals surface area contributed by atoms with Crippen LogP contribution < -0.4 is 5.32 Å². The van der Waals surface area contributed by atoms with E-state index >= 15 is 0 Å². The van der Waals surface area contributed by atoms with Crippen molar-refractivity contribution in [2.24, 2.45) is 4.99 Å². The van der Waals surface area contributed by atoms with Crippen LogP contribution in [0.15, 0.2) is 58.6 Å². The highest BCUT2D eigenvalue weighted by molar-refractivity contribution is 8.18. The molecule has 0 aliphatic carbocycles. The average Bonchev–Trinajstić information content (AvgIpc) is 3.16. The maximum absolute atomic E-state index is 12.3. The number of carbonyl (C=O) groups excluding carboxylic acids is 1. The van der Waals surface area contributed by atoms with E-state index in [0.29, 0.717) is 10.1 Å². The number of aryl methyl sites for hydroxylation is 1. The van der Waals surface area contributed by atoms with Crippen LogP contribution >= 0.6 is 11.8 Å². The summed E-state index contributed by atoms with van der Waals surface area (Å²) in [6, 6.07) is 14.1. The van der Waals surface area contributed by atoms with Crippen molar-refractivity contribution in [1.82, 2.24) is 4.98 Å². The lowest BCUT2D eigenvalue weighted by Gasteiger charge is -2.09. The van der Waals surface area contributed by atoms with Gasteiger partial charge < -0.3 is 10.3 Å². The predicted octanol–water partition coefficient (Wildman–Crippen LogP) is 4.87. The molecule has 1 aromatic heterocycles. The lowest BCUT2D eigenvalue weighted by molar-refractivity contribution is -0.113. The Hall–Kier alpha value is -2.79. The summed E-state index contributed by atoms with van der Waals surface area (Å²) >= 11 is 1.37. The molecule has 5 heteroatoms. The molecule has 2 aromatic carbocycles. The number of amides is 1. The first kappa shape index (κ1) is 15.7. The van der Waals surface area contributed by atoms with Crippen molar-refractivity contribution in [3.8, 4) is 0 Å². The zero-order valence-corrected chi connectivity index (χ0v) is 14.8. The number of aromatic nitrogens is 1. The Morgan fingerprint density at radius 2 is 1.96 bits per heavy atom. The van der Waals surface area contributed by atoms with E-state index in [1.807, 2.05) is 48.7 Å². The van der Waals surface area contributed by atoms with Gasteiger partial charge >= 0.3 is 0 Å². The molecule has 2 N–H and O–H groups in total. The number of aromatic amines is 1. The van der Waals surface area contributed by atoms with E-state index in [9.17, 15) is 4.79 Å². The van der Waals surface area contributed by atoms with Crippen molar-refractivity contribution in [2.45, 2.75) is 13.8 Å². The molecule has 0 spiro atoms. The number of fused-ring (bicyclic) bond motifs is 1. The van der Waals surface area contributed by atoms with Crippen LogP contribution in [0.2, 0.25) is 0 Å². The van der Waals surface area contributed by atoms with Crippen LogP contribution in [0.4, 0.5) is 5.69 Å². The number of nitrogens with one attached hydrogen (secondary N) is 2. The Balaban J connectivity index is 1.59. The van der Waals surface area contributed by atoms with Crippen molar-refractivity contribution in [3.05, 3.63) is 70.3 Å². The van der Waals surface area contributed by atoms with Gasteiger partial charge in [0, 0.05) is 28.4 Å². The lowest BCUT2D eigenvalue weighted by atomic mass is 10.1. The van der Waals surface area contributed by atoms with Crippen LogP contribution in [0.5, 0.6) is 0 Å². The van der Waals surface area contributed by atoms with Gasteiger partial charge in [0.05, 0.1) is 4.91 Å². The Kier molecular flexibility index (Phi) is 3.93. The first-order valence-corrected chi connectivity index (χ1v) is 8.85. The largest absolute Gasteiger partial charge is 0.361 e. The lowest BCUT2D eigenvalue weighted by Crippen LogP contribution is -2.06. The molecule has 0 atom stereocenters. The van der Waals surface area contributed by atoms with E-state index in [1.54, 1.807) is 0 Å². The van der Waals surface area contributed by atoms with Crippen LogP contribution in [-0.2, 0) is 4.79 Å². The second-order valence-electron chi connectivity index (χ2n) is 5.99. The number of thioether (sulfide) groups is 1. The smallest absolute Gasteiger partial charge is 0.286 e.